The number of thiazole rings is 1. The molecule has 1 aromatic heterocycles. The van der Waals surface area contributed by atoms with E-state index in [0.717, 1.165) is 17.7 Å². The van der Waals surface area contributed by atoms with Gasteiger partial charge >= 0.3 is 0 Å². The quantitative estimate of drug-likeness (QED) is 0.548. The van der Waals surface area contributed by atoms with Gasteiger partial charge in [0.1, 0.15) is 11.3 Å². The Morgan fingerprint density at radius 3 is 2.34 bits per heavy atom. The number of rotatable bonds is 6. The highest BCUT2D eigenvalue weighted by molar-refractivity contribution is 7.22. The van der Waals surface area contributed by atoms with Gasteiger partial charge in [0, 0.05) is 12.1 Å². The Morgan fingerprint density at radius 2 is 1.76 bits per heavy atom. The first-order valence-corrected chi connectivity index (χ1v) is 10.6. The molecule has 154 valence electrons. The van der Waals surface area contributed by atoms with Crippen LogP contribution in [-0.4, -0.2) is 43.0 Å². The summed E-state index contributed by atoms with van der Waals surface area (Å²) in [7, 11) is 4.01. The predicted octanol–water partition coefficient (Wildman–Crippen LogP) is 5.33. The minimum Gasteiger partial charge on any atom is -0.309 e. The average molecular weight is 414 g/mol. The highest BCUT2D eigenvalue weighted by Gasteiger charge is 2.23. The molecular weight excluding hydrogens is 385 g/mol. The first-order chi connectivity index (χ1) is 13.7. The Kier molecular flexibility index (Phi) is 6.34. The van der Waals surface area contributed by atoms with Crippen LogP contribution in [0.1, 0.15) is 43.1 Å². The summed E-state index contributed by atoms with van der Waals surface area (Å²) in [4.78, 5) is 21.5. The molecule has 1 amide bonds. The van der Waals surface area contributed by atoms with Crippen molar-refractivity contribution in [2.45, 2.75) is 32.6 Å². The molecule has 0 atom stereocenters. The van der Waals surface area contributed by atoms with Crippen molar-refractivity contribution >= 4 is 32.6 Å². The van der Waals surface area contributed by atoms with Gasteiger partial charge in [0.15, 0.2) is 5.13 Å². The molecule has 1 heterocycles. The van der Waals surface area contributed by atoms with E-state index in [4.69, 9.17) is 0 Å². The second-order valence-electron chi connectivity index (χ2n) is 8.52. The number of hydrogen-bond acceptors (Lipinski definition) is 4. The maximum absolute atomic E-state index is 14.1. The zero-order valence-electron chi connectivity index (χ0n) is 17.7. The molecule has 0 spiro atoms. The van der Waals surface area contributed by atoms with E-state index >= 15 is 0 Å². The van der Waals surface area contributed by atoms with E-state index in [2.05, 4.69) is 30.7 Å². The number of halogens is 1. The normalized spacial score (nSPS) is 12.0. The van der Waals surface area contributed by atoms with E-state index in [-0.39, 0.29) is 17.1 Å². The van der Waals surface area contributed by atoms with Crippen LogP contribution < -0.4 is 4.90 Å². The second-order valence-corrected chi connectivity index (χ2v) is 9.53. The van der Waals surface area contributed by atoms with Crippen LogP contribution in [0.25, 0.3) is 10.2 Å². The van der Waals surface area contributed by atoms with Crippen LogP contribution in [-0.2, 0) is 5.41 Å². The van der Waals surface area contributed by atoms with Gasteiger partial charge in [-0.05, 0) is 62.3 Å². The zero-order valence-corrected chi connectivity index (χ0v) is 18.5. The third kappa shape index (κ3) is 5.00. The van der Waals surface area contributed by atoms with Gasteiger partial charge in [-0.2, -0.15) is 0 Å². The minimum absolute atomic E-state index is 0.0253. The summed E-state index contributed by atoms with van der Waals surface area (Å²) in [6, 6.07) is 12.6. The molecule has 3 aromatic rings. The number of anilines is 1. The lowest BCUT2D eigenvalue weighted by atomic mass is 9.86. The summed E-state index contributed by atoms with van der Waals surface area (Å²) in [6.45, 7) is 7.82. The van der Waals surface area contributed by atoms with E-state index in [1.165, 1.54) is 23.0 Å². The molecule has 6 heteroatoms. The lowest BCUT2D eigenvalue weighted by Crippen LogP contribution is -2.33. The lowest BCUT2D eigenvalue weighted by molar-refractivity contribution is 0.0986. The SMILES string of the molecule is CN(C)CCCN(C(=O)c1ccc(C(C)(C)C)cc1)c1nc2c(F)cccc2s1. The number of hydrogen-bond donors (Lipinski definition) is 0. The fraction of sp³-hybridized carbons (Fsp3) is 0.391. The monoisotopic (exact) mass is 413 g/mol. The molecule has 4 nitrogen and oxygen atoms in total. The fourth-order valence-electron chi connectivity index (χ4n) is 3.12. The molecule has 3 rings (SSSR count). The number of amides is 1. The van der Waals surface area contributed by atoms with E-state index < -0.39 is 0 Å². The summed E-state index contributed by atoms with van der Waals surface area (Å²) < 4.78 is 14.9. The van der Waals surface area contributed by atoms with Crippen molar-refractivity contribution in [3.05, 3.63) is 59.4 Å². The van der Waals surface area contributed by atoms with Gasteiger partial charge < -0.3 is 4.90 Å². The van der Waals surface area contributed by atoms with Crippen LogP contribution in [0.4, 0.5) is 9.52 Å². The topological polar surface area (TPSA) is 36.4 Å². The second kappa shape index (κ2) is 8.59. The van der Waals surface area contributed by atoms with Crippen LogP contribution in [0.2, 0.25) is 0 Å². The molecule has 0 aliphatic rings. The first kappa shape index (κ1) is 21.4. The van der Waals surface area contributed by atoms with Crippen LogP contribution in [0.5, 0.6) is 0 Å². The van der Waals surface area contributed by atoms with E-state index in [9.17, 15) is 9.18 Å². The maximum Gasteiger partial charge on any atom is 0.260 e. The van der Waals surface area contributed by atoms with E-state index in [1.807, 2.05) is 44.4 Å². The van der Waals surface area contributed by atoms with Gasteiger partial charge in [0.05, 0.1) is 4.70 Å². The Morgan fingerprint density at radius 1 is 1.07 bits per heavy atom. The van der Waals surface area contributed by atoms with Gasteiger partial charge in [-0.25, -0.2) is 9.37 Å². The highest BCUT2D eigenvalue weighted by Crippen LogP contribution is 2.31. The number of aromatic nitrogens is 1. The van der Waals surface area contributed by atoms with Gasteiger partial charge in [-0.1, -0.05) is 50.3 Å². The van der Waals surface area contributed by atoms with Crippen molar-refractivity contribution in [2.75, 3.05) is 32.1 Å². The largest absolute Gasteiger partial charge is 0.309 e. The standard InChI is InChI=1S/C23H28FN3OS/c1-23(2,3)17-12-10-16(11-13-17)21(28)27(15-7-14-26(4)5)22-25-20-18(24)8-6-9-19(20)29-22/h6,8-13H,7,14-15H2,1-5H3. The van der Waals surface area contributed by atoms with Crippen LogP contribution in [0.3, 0.4) is 0 Å². The van der Waals surface area contributed by atoms with Crippen LogP contribution >= 0.6 is 11.3 Å². The summed E-state index contributed by atoms with van der Waals surface area (Å²) in [5.74, 6) is -0.469. The smallest absolute Gasteiger partial charge is 0.260 e. The molecular formula is C23H28FN3OS. The number of para-hydroxylation sites is 1. The van der Waals surface area contributed by atoms with Crippen molar-refractivity contribution in [1.29, 1.82) is 0 Å². The van der Waals surface area contributed by atoms with Crippen molar-refractivity contribution in [2.24, 2.45) is 0 Å². The predicted molar refractivity (Wildman–Crippen MR) is 120 cm³/mol. The summed E-state index contributed by atoms with van der Waals surface area (Å²) in [6.07, 6.45) is 0.803. The molecule has 29 heavy (non-hydrogen) atoms. The number of nitrogens with zero attached hydrogens (tertiary/aromatic N) is 3. The molecule has 0 radical (unpaired) electrons. The van der Waals surface area contributed by atoms with Crippen molar-refractivity contribution in [1.82, 2.24) is 9.88 Å². The molecule has 0 aliphatic heterocycles. The molecule has 0 unspecified atom stereocenters. The summed E-state index contributed by atoms with van der Waals surface area (Å²) in [5.41, 5.74) is 2.14. The molecule has 0 fully saturated rings. The fourth-order valence-corrected chi connectivity index (χ4v) is 4.12. The Bertz CT molecular complexity index is 990. The zero-order chi connectivity index (χ0) is 21.2. The van der Waals surface area contributed by atoms with Crippen molar-refractivity contribution in [3.63, 3.8) is 0 Å². The van der Waals surface area contributed by atoms with Gasteiger partial charge in [-0.15, -0.1) is 0 Å². The third-order valence-corrected chi connectivity index (χ3v) is 5.86. The Labute approximate surface area is 176 Å². The van der Waals surface area contributed by atoms with Crippen LogP contribution in [0, 0.1) is 5.82 Å². The average Bonchev–Trinajstić information content (AvgIpc) is 3.09. The molecule has 0 saturated heterocycles. The molecule has 0 N–H and O–H groups in total. The van der Waals surface area contributed by atoms with Gasteiger partial charge in [-0.3, -0.25) is 9.69 Å². The highest BCUT2D eigenvalue weighted by atomic mass is 32.1. The van der Waals surface area contributed by atoms with Crippen molar-refractivity contribution in [3.8, 4) is 0 Å². The molecule has 0 saturated carbocycles. The number of benzene rings is 2. The van der Waals surface area contributed by atoms with E-state index in [0.29, 0.717) is 22.8 Å². The third-order valence-electron chi connectivity index (χ3n) is 4.82. The van der Waals surface area contributed by atoms with Gasteiger partial charge in [0.2, 0.25) is 0 Å². The minimum atomic E-state index is -0.361. The summed E-state index contributed by atoms with van der Waals surface area (Å²) in [5, 5.41) is 0.536. The Hall–Kier alpha value is -2.31. The molecule has 2 aromatic carbocycles. The van der Waals surface area contributed by atoms with Crippen molar-refractivity contribution < 1.29 is 9.18 Å². The first-order valence-electron chi connectivity index (χ1n) is 9.79. The summed E-state index contributed by atoms with van der Waals surface area (Å²) >= 11 is 1.35. The lowest BCUT2D eigenvalue weighted by Gasteiger charge is -2.22. The number of fused-ring (bicyclic) bond motifs is 1. The Balaban J connectivity index is 1.93. The molecule has 0 aliphatic carbocycles. The van der Waals surface area contributed by atoms with Crippen LogP contribution in [0.15, 0.2) is 42.5 Å². The van der Waals surface area contributed by atoms with Gasteiger partial charge in [0.25, 0.3) is 5.91 Å². The maximum atomic E-state index is 14.1. The molecule has 0 bridgehead atoms. The number of carbonyl (C=O) groups is 1. The van der Waals surface area contributed by atoms with E-state index in [1.54, 1.807) is 11.0 Å². The number of carbonyl (C=O) groups excluding carboxylic acids is 1.